The molecule has 2 atom stereocenters. The molecule has 2 unspecified atom stereocenters. The SMILES string of the molecule is COCCNCC1CCCCN1C(C)C(=O)O. The maximum Gasteiger partial charge on any atom is 0.320 e. The normalized spacial score (nSPS) is 23.5. The number of ether oxygens (including phenoxy) is 1. The molecule has 5 heteroatoms. The zero-order valence-corrected chi connectivity index (χ0v) is 10.8. The Balaban J connectivity index is 2.39. The van der Waals surface area contributed by atoms with Gasteiger partial charge in [-0.1, -0.05) is 6.42 Å². The van der Waals surface area contributed by atoms with Gasteiger partial charge in [0, 0.05) is 26.2 Å². The van der Waals surface area contributed by atoms with Crippen LogP contribution in [0.3, 0.4) is 0 Å². The minimum absolute atomic E-state index is 0.340. The van der Waals surface area contributed by atoms with Gasteiger partial charge in [0.1, 0.15) is 6.04 Å². The van der Waals surface area contributed by atoms with Gasteiger partial charge >= 0.3 is 5.97 Å². The summed E-state index contributed by atoms with van der Waals surface area (Å²) >= 11 is 0. The van der Waals surface area contributed by atoms with Crippen molar-refractivity contribution in [2.45, 2.75) is 38.3 Å². The van der Waals surface area contributed by atoms with E-state index < -0.39 is 5.97 Å². The van der Waals surface area contributed by atoms with Gasteiger partial charge in [0.15, 0.2) is 0 Å². The molecule has 5 nitrogen and oxygen atoms in total. The molecular formula is C12H24N2O3. The number of carbonyl (C=O) groups is 1. The summed E-state index contributed by atoms with van der Waals surface area (Å²) in [6.07, 6.45) is 3.38. The zero-order valence-electron chi connectivity index (χ0n) is 10.8. The van der Waals surface area contributed by atoms with Gasteiger partial charge < -0.3 is 15.2 Å². The first kappa shape index (κ1) is 14.4. The molecule has 0 saturated carbocycles. The summed E-state index contributed by atoms with van der Waals surface area (Å²) in [6.45, 7) is 5.03. The molecule has 0 aromatic carbocycles. The Hall–Kier alpha value is -0.650. The molecule has 0 aromatic heterocycles. The van der Waals surface area contributed by atoms with Crippen LogP contribution in [0.25, 0.3) is 0 Å². The lowest BCUT2D eigenvalue weighted by atomic mass is 10.00. The molecular weight excluding hydrogens is 220 g/mol. The second-order valence-electron chi connectivity index (χ2n) is 4.60. The molecule has 0 amide bonds. The van der Waals surface area contributed by atoms with E-state index in [1.807, 2.05) is 0 Å². The van der Waals surface area contributed by atoms with Crippen LogP contribution in [0.5, 0.6) is 0 Å². The molecule has 100 valence electrons. The van der Waals surface area contributed by atoms with Crippen LogP contribution in [0.15, 0.2) is 0 Å². The van der Waals surface area contributed by atoms with Crippen LogP contribution in [-0.2, 0) is 9.53 Å². The zero-order chi connectivity index (χ0) is 12.7. The number of nitrogens with zero attached hydrogens (tertiary/aromatic N) is 1. The number of piperidine rings is 1. The summed E-state index contributed by atoms with van der Waals surface area (Å²) in [7, 11) is 1.68. The fourth-order valence-corrected chi connectivity index (χ4v) is 2.34. The number of carboxylic acid groups (broad SMARTS) is 1. The minimum atomic E-state index is -0.728. The average molecular weight is 244 g/mol. The first-order valence-electron chi connectivity index (χ1n) is 6.35. The molecule has 17 heavy (non-hydrogen) atoms. The molecule has 0 bridgehead atoms. The van der Waals surface area contributed by atoms with Crippen LogP contribution in [-0.4, -0.2) is 61.4 Å². The largest absolute Gasteiger partial charge is 0.480 e. The number of likely N-dealkylation sites (tertiary alicyclic amines) is 1. The minimum Gasteiger partial charge on any atom is -0.480 e. The summed E-state index contributed by atoms with van der Waals surface area (Å²) < 4.78 is 4.97. The highest BCUT2D eigenvalue weighted by atomic mass is 16.5. The van der Waals surface area contributed by atoms with E-state index in [-0.39, 0.29) is 6.04 Å². The van der Waals surface area contributed by atoms with Crippen molar-refractivity contribution in [1.82, 2.24) is 10.2 Å². The quantitative estimate of drug-likeness (QED) is 0.640. The number of methoxy groups -OCH3 is 1. The number of rotatable bonds is 7. The maximum absolute atomic E-state index is 11.0. The number of hydrogen-bond acceptors (Lipinski definition) is 4. The van der Waals surface area contributed by atoms with Gasteiger partial charge in [0.2, 0.25) is 0 Å². The fraction of sp³-hybridized carbons (Fsp3) is 0.917. The summed E-state index contributed by atoms with van der Waals surface area (Å²) in [5, 5.41) is 12.4. The van der Waals surface area contributed by atoms with Gasteiger partial charge in [-0.25, -0.2) is 0 Å². The third kappa shape index (κ3) is 4.61. The molecule has 2 N–H and O–H groups in total. The standard InChI is InChI=1S/C12H24N2O3/c1-10(12(15)16)14-7-4-3-5-11(14)9-13-6-8-17-2/h10-11,13H,3-9H2,1-2H3,(H,15,16). The third-order valence-corrected chi connectivity index (χ3v) is 3.39. The molecule has 1 aliphatic rings. The summed E-state index contributed by atoms with van der Waals surface area (Å²) in [5.74, 6) is -0.728. The third-order valence-electron chi connectivity index (χ3n) is 3.39. The topological polar surface area (TPSA) is 61.8 Å². The van der Waals surface area contributed by atoms with Gasteiger partial charge in [-0.05, 0) is 26.3 Å². The van der Waals surface area contributed by atoms with Gasteiger partial charge in [-0.3, -0.25) is 9.69 Å². The monoisotopic (exact) mass is 244 g/mol. The lowest BCUT2D eigenvalue weighted by Crippen LogP contribution is -2.52. The number of carboxylic acids is 1. The van der Waals surface area contributed by atoms with Crippen molar-refractivity contribution in [1.29, 1.82) is 0 Å². The average Bonchev–Trinajstić information content (AvgIpc) is 2.34. The number of aliphatic carboxylic acids is 1. The first-order valence-corrected chi connectivity index (χ1v) is 6.35. The van der Waals surface area contributed by atoms with Crippen LogP contribution in [0.4, 0.5) is 0 Å². The van der Waals surface area contributed by atoms with E-state index in [2.05, 4.69) is 10.2 Å². The van der Waals surface area contributed by atoms with Crippen molar-refractivity contribution in [2.24, 2.45) is 0 Å². The lowest BCUT2D eigenvalue weighted by Gasteiger charge is -2.38. The molecule has 0 aliphatic carbocycles. The fourth-order valence-electron chi connectivity index (χ4n) is 2.34. The van der Waals surface area contributed by atoms with E-state index in [1.54, 1.807) is 14.0 Å². The second-order valence-corrected chi connectivity index (χ2v) is 4.60. The molecule has 1 heterocycles. The van der Waals surface area contributed by atoms with Crippen molar-refractivity contribution in [3.8, 4) is 0 Å². The Labute approximate surface area is 103 Å². The van der Waals surface area contributed by atoms with Crippen LogP contribution in [0.2, 0.25) is 0 Å². The Kier molecular flexibility index (Phi) is 6.47. The van der Waals surface area contributed by atoms with E-state index >= 15 is 0 Å². The van der Waals surface area contributed by atoms with E-state index in [0.717, 1.165) is 32.5 Å². The Morgan fingerprint density at radius 1 is 1.59 bits per heavy atom. The smallest absolute Gasteiger partial charge is 0.320 e. The molecule has 0 radical (unpaired) electrons. The van der Waals surface area contributed by atoms with Crippen LogP contribution in [0.1, 0.15) is 26.2 Å². The molecule has 0 aromatic rings. The van der Waals surface area contributed by atoms with E-state index in [0.29, 0.717) is 12.6 Å². The molecule has 1 fully saturated rings. The lowest BCUT2D eigenvalue weighted by molar-refractivity contribution is -0.144. The predicted molar refractivity (Wildman–Crippen MR) is 66.2 cm³/mol. The van der Waals surface area contributed by atoms with Crippen LogP contribution >= 0.6 is 0 Å². The van der Waals surface area contributed by atoms with Crippen LogP contribution < -0.4 is 5.32 Å². The van der Waals surface area contributed by atoms with Crippen molar-refractivity contribution in [3.63, 3.8) is 0 Å². The van der Waals surface area contributed by atoms with Crippen molar-refractivity contribution in [3.05, 3.63) is 0 Å². The second kappa shape index (κ2) is 7.63. The van der Waals surface area contributed by atoms with Crippen molar-refractivity contribution >= 4 is 5.97 Å². The van der Waals surface area contributed by atoms with Gasteiger partial charge in [-0.15, -0.1) is 0 Å². The highest BCUT2D eigenvalue weighted by molar-refractivity contribution is 5.72. The maximum atomic E-state index is 11.0. The molecule has 1 saturated heterocycles. The van der Waals surface area contributed by atoms with Gasteiger partial charge in [0.05, 0.1) is 6.61 Å². The Morgan fingerprint density at radius 3 is 3.00 bits per heavy atom. The Morgan fingerprint density at radius 2 is 2.35 bits per heavy atom. The summed E-state index contributed by atoms with van der Waals surface area (Å²) in [4.78, 5) is 13.1. The number of hydrogen-bond donors (Lipinski definition) is 2. The highest BCUT2D eigenvalue weighted by Crippen LogP contribution is 2.19. The molecule has 0 spiro atoms. The molecule has 1 rings (SSSR count). The van der Waals surface area contributed by atoms with Gasteiger partial charge in [-0.2, -0.15) is 0 Å². The van der Waals surface area contributed by atoms with Crippen molar-refractivity contribution < 1.29 is 14.6 Å². The summed E-state index contributed by atoms with van der Waals surface area (Å²) in [5.41, 5.74) is 0. The predicted octanol–water partition coefficient (Wildman–Crippen LogP) is 0.550. The molecule has 1 aliphatic heterocycles. The van der Waals surface area contributed by atoms with Gasteiger partial charge in [0.25, 0.3) is 0 Å². The van der Waals surface area contributed by atoms with Crippen LogP contribution in [0, 0.1) is 0 Å². The Bertz CT molecular complexity index is 236. The van der Waals surface area contributed by atoms with E-state index in [1.165, 1.54) is 6.42 Å². The first-order chi connectivity index (χ1) is 8.16. The number of nitrogens with one attached hydrogen (secondary N) is 1. The summed E-state index contributed by atoms with van der Waals surface area (Å²) in [6, 6.07) is -0.0452. The van der Waals surface area contributed by atoms with E-state index in [9.17, 15) is 4.79 Å². The van der Waals surface area contributed by atoms with Crippen molar-refractivity contribution in [2.75, 3.05) is 33.4 Å². The van der Waals surface area contributed by atoms with E-state index in [4.69, 9.17) is 9.84 Å². The highest BCUT2D eigenvalue weighted by Gasteiger charge is 2.29.